The summed E-state index contributed by atoms with van der Waals surface area (Å²) in [7, 11) is -0.369. The molecule has 0 aliphatic carbocycles. The number of carbonyl (C=O) groups is 3. The van der Waals surface area contributed by atoms with Crippen LogP contribution in [0.2, 0.25) is 0 Å². The molecular formula is C27H36N4O6S2. The van der Waals surface area contributed by atoms with Gasteiger partial charge in [0.25, 0.3) is 11.8 Å². The quantitative estimate of drug-likeness (QED) is 0.558. The molecule has 1 aromatic carbocycles. The number of benzene rings is 1. The van der Waals surface area contributed by atoms with Crippen LogP contribution in [0.5, 0.6) is 0 Å². The van der Waals surface area contributed by atoms with Crippen LogP contribution in [0.1, 0.15) is 58.3 Å². The highest BCUT2D eigenvalue weighted by Crippen LogP contribution is 2.38. The Balaban J connectivity index is 1.56. The molecule has 2 aliphatic rings. The predicted molar refractivity (Wildman–Crippen MR) is 150 cm³/mol. The molecule has 1 saturated heterocycles. The predicted octanol–water partition coefficient (Wildman–Crippen LogP) is 3.88. The monoisotopic (exact) mass is 576 g/mol. The highest BCUT2D eigenvalue weighted by molar-refractivity contribution is 7.89. The second-order valence-corrected chi connectivity index (χ2v) is 13.6. The molecule has 0 spiro atoms. The zero-order chi connectivity index (χ0) is 28.5. The summed E-state index contributed by atoms with van der Waals surface area (Å²) in [4.78, 5) is 42.6. The summed E-state index contributed by atoms with van der Waals surface area (Å²) in [5.41, 5.74) is 1.52. The molecule has 1 aromatic heterocycles. The molecule has 12 heteroatoms. The van der Waals surface area contributed by atoms with Crippen molar-refractivity contribution in [3.63, 3.8) is 0 Å². The second kappa shape index (κ2) is 11.6. The molecule has 0 bridgehead atoms. The molecule has 1 N–H and O–H groups in total. The first-order valence-electron chi connectivity index (χ1n) is 13.1. The molecule has 4 rings (SSSR count). The zero-order valence-electron chi connectivity index (χ0n) is 23.0. The first-order valence-corrected chi connectivity index (χ1v) is 15.4. The van der Waals surface area contributed by atoms with Gasteiger partial charge in [-0.25, -0.2) is 13.2 Å². The fraction of sp³-hybridized carbons (Fsp3) is 0.519. The fourth-order valence-corrected chi connectivity index (χ4v) is 8.15. The third-order valence-electron chi connectivity index (χ3n) is 7.02. The van der Waals surface area contributed by atoms with Crippen LogP contribution in [-0.4, -0.2) is 80.8 Å². The van der Waals surface area contributed by atoms with Crippen LogP contribution in [0.3, 0.4) is 0 Å². The first-order chi connectivity index (χ1) is 18.4. The van der Waals surface area contributed by atoms with Crippen LogP contribution in [0, 0.1) is 11.8 Å². The number of fused-ring (bicyclic) bond motifs is 1. The summed E-state index contributed by atoms with van der Waals surface area (Å²) in [6, 6.07) is 5.89. The maximum atomic E-state index is 13.2. The summed E-state index contributed by atoms with van der Waals surface area (Å²) in [6.45, 7) is 7.79. The Kier molecular flexibility index (Phi) is 8.67. The van der Waals surface area contributed by atoms with E-state index >= 15 is 0 Å². The molecule has 3 amide bonds. The van der Waals surface area contributed by atoms with Crippen LogP contribution in [0.15, 0.2) is 29.2 Å². The second-order valence-electron chi connectivity index (χ2n) is 10.5. The smallest absolute Gasteiger partial charge is 0.410 e. The normalized spacial score (nSPS) is 19.8. The molecule has 10 nitrogen and oxygen atoms in total. The average Bonchev–Trinajstić information content (AvgIpc) is 3.24. The molecular weight excluding hydrogens is 540 g/mol. The van der Waals surface area contributed by atoms with Gasteiger partial charge in [0.15, 0.2) is 0 Å². The maximum absolute atomic E-state index is 13.2. The average molecular weight is 577 g/mol. The summed E-state index contributed by atoms with van der Waals surface area (Å²) in [5.74, 6) is -0.117. The maximum Gasteiger partial charge on any atom is 0.410 e. The molecule has 2 aromatic rings. The number of piperidine rings is 1. The lowest BCUT2D eigenvalue weighted by atomic mass is 9.94. The van der Waals surface area contributed by atoms with E-state index in [4.69, 9.17) is 4.74 Å². The molecule has 39 heavy (non-hydrogen) atoms. The molecule has 3 heterocycles. The van der Waals surface area contributed by atoms with Crippen molar-refractivity contribution in [2.45, 2.75) is 45.1 Å². The van der Waals surface area contributed by atoms with Crippen molar-refractivity contribution in [3.8, 4) is 0 Å². The highest BCUT2D eigenvalue weighted by Gasteiger charge is 2.33. The van der Waals surface area contributed by atoms with Gasteiger partial charge < -0.3 is 19.9 Å². The molecule has 2 unspecified atom stereocenters. The Morgan fingerprint density at radius 1 is 1.10 bits per heavy atom. The van der Waals surface area contributed by atoms with Gasteiger partial charge in [-0.1, -0.05) is 13.8 Å². The SMILES string of the molecule is CCOC(=O)N1CCc2c(sc(NC(=O)c3ccc(S(=O)(=O)N4CC(C)CC(C)C4)cc3)c2C(=O)N(C)C)C1. The number of thiophene rings is 1. The molecule has 1 fully saturated rings. The Morgan fingerprint density at radius 3 is 2.33 bits per heavy atom. The topological polar surface area (TPSA) is 116 Å². The van der Waals surface area contributed by atoms with Gasteiger partial charge in [-0.2, -0.15) is 4.31 Å². The van der Waals surface area contributed by atoms with Crippen molar-refractivity contribution in [2.75, 3.05) is 45.7 Å². The summed E-state index contributed by atoms with van der Waals surface area (Å²) >= 11 is 1.27. The Hall–Kier alpha value is -2.96. The number of sulfonamides is 1. The largest absolute Gasteiger partial charge is 0.450 e. The van der Waals surface area contributed by atoms with Gasteiger partial charge in [0, 0.05) is 44.2 Å². The van der Waals surface area contributed by atoms with E-state index in [0.717, 1.165) is 16.9 Å². The lowest BCUT2D eigenvalue weighted by molar-refractivity contribution is 0.0827. The minimum atomic E-state index is -3.66. The third kappa shape index (κ3) is 6.12. The number of ether oxygens (including phenoxy) is 1. The van der Waals surface area contributed by atoms with E-state index in [1.165, 1.54) is 44.8 Å². The minimum absolute atomic E-state index is 0.148. The Bertz CT molecular complexity index is 1340. The van der Waals surface area contributed by atoms with Gasteiger partial charge in [0.1, 0.15) is 5.00 Å². The van der Waals surface area contributed by atoms with Crippen LogP contribution in [-0.2, 0) is 27.7 Å². The first kappa shape index (κ1) is 29.0. The fourth-order valence-electron chi connectivity index (χ4n) is 5.22. The summed E-state index contributed by atoms with van der Waals surface area (Å²) in [5, 5.41) is 3.26. The van der Waals surface area contributed by atoms with Crippen LogP contribution in [0.25, 0.3) is 0 Å². The highest BCUT2D eigenvalue weighted by atomic mass is 32.2. The number of anilines is 1. The van der Waals surface area contributed by atoms with Crippen LogP contribution < -0.4 is 5.32 Å². The van der Waals surface area contributed by atoms with Gasteiger partial charge in [0.05, 0.1) is 23.6 Å². The van der Waals surface area contributed by atoms with Crippen molar-refractivity contribution in [3.05, 3.63) is 45.8 Å². The minimum Gasteiger partial charge on any atom is -0.450 e. The number of nitrogens with zero attached hydrogens (tertiary/aromatic N) is 3. The molecule has 212 valence electrons. The van der Waals surface area contributed by atoms with Gasteiger partial charge in [-0.05, 0) is 61.4 Å². The van der Waals surface area contributed by atoms with Crippen molar-refractivity contribution in [1.29, 1.82) is 0 Å². The number of amides is 3. The number of hydrogen-bond acceptors (Lipinski definition) is 7. The number of hydrogen-bond donors (Lipinski definition) is 1. The van der Waals surface area contributed by atoms with Gasteiger partial charge in [-0.3, -0.25) is 9.59 Å². The van der Waals surface area contributed by atoms with Crippen molar-refractivity contribution >= 4 is 44.3 Å². The van der Waals surface area contributed by atoms with E-state index in [0.29, 0.717) is 43.2 Å². The molecule has 2 aliphatic heterocycles. The summed E-state index contributed by atoms with van der Waals surface area (Å²) in [6.07, 6.45) is 1.05. The van der Waals surface area contributed by atoms with Gasteiger partial charge >= 0.3 is 6.09 Å². The number of nitrogens with one attached hydrogen (secondary N) is 1. The van der Waals surface area contributed by atoms with E-state index in [1.54, 1.807) is 25.9 Å². The van der Waals surface area contributed by atoms with E-state index in [-0.39, 0.29) is 34.8 Å². The summed E-state index contributed by atoms with van der Waals surface area (Å²) < 4.78 is 33.1. The van der Waals surface area contributed by atoms with E-state index in [9.17, 15) is 22.8 Å². The Morgan fingerprint density at radius 2 is 1.74 bits per heavy atom. The van der Waals surface area contributed by atoms with Crippen molar-refractivity contribution in [1.82, 2.24) is 14.1 Å². The van der Waals surface area contributed by atoms with E-state index < -0.39 is 22.0 Å². The lowest BCUT2D eigenvalue weighted by Gasteiger charge is -2.34. The number of rotatable bonds is 6. The molecule has 0 radical (unpaired) electrons. The molecule has 0 saturated carbocycles. The van der Waals surface area contributed by atoms with Crippen LogP contribution >= 0.6 is 11.3 Å². The molecule has 2 atom stereocenters. The van der Waals surface area contributed by atoms with Crippen molar-refractivity contribution < 1.29 is 27.5 Å². The number of carbonyl (C=O) groups excluding carboxylic acids is 3. The van der Waals surface area contributed by atoms with Gasteiger partial charge in [0.2, 0.25) is 10.0 Å². The van der Waals surface area contributed by atoms with Gasteiger partial charge in [-0.15, -0.1) is 11.3 Å². The lowest BCUT2D eigenvalue weighted by Crippen LogP contribution is -2.42. The standard InChI is InChI=1S/C27H36N4O6S2/c1-6-37-27(34)30-12-11-21-22(16-30)38-25(23(21)26(33)29(4)5)28-24(32)19-7-9-20(10-8-19)39(35,36)31-14-17(2)13-18(3)15-31/h7-10,17-18H,6,11-16H2,1-5H3,(H,28,32). The zero-order valence-corrected chi connectivity index (χ0v) is 24.7. The Labute approximate surface area is 234 Å². The third-order valence-corrected chi connectivity index (χ3v) is 10.00. The van der Waals surface area contributed by atoms with Crippen molar-refractivity contribution in [2.24, 2.45) is 11.8 Å². The van der Waals surface area contributed by atoms with Crippen LogP contribution in [0.4, 0.5) is 9.80 Å². The van der Waals surface area contributed by atoms with E-state index in [1.807, 2.05) is 0 Å². The van der Waals surface area contributed by atoms with E-state index in [2.05, 4.69) is 19.2 Å².